The summed E-state index contributed by atoms with van der Waals surface area (Å²) in [6.45, 7) is 3.57. The number of para-hydroxylation sites is 1. The van der Waals surface area contributed by atoms with E-state index in [4.69, 9.17) is 0 Å². The summed E-state index contributed by atoms with van der Waals surface area (Å²) in [6.07, 6.45) is 1.86. The number of aromatic nitrogens is 3. The van der Waals surface area contributed by atoms with E-state index in [1.165, 1.54) is 0 Å². The Balaban J connectivity index is 1.53. The fraction of sp³-hybridized carbons (Fsp3) is 0.368. The maximum absolute atomic E-state index is 12.8. The first-order chi connectivity index (χ1) is 12.0. The lowest BCUT2D eigenvalue weighted by Gasteiger charge is -2.27. The number of rotatable bonds is 3. The second-order valence-corrected chi connectivity index (χ2v) is 6.73. The highest BCUT2D eigenvalue weighted by atomic mass is 16.3. The van der Waals surface area contributed by atoms with Crippen molar-refractivity contribution in [3.8, 4) is 0 Å². The molecular formula is C19H22N4O2. The van der Waals surface area contributed by atoms with E-state index in [9.17, 15) is 9.90 Å². The highest BCUT2D eigenvalue weighted by Gasteiger charge is 2.24. The second-order valence-electron chi connectivity index (χ2n) is 6.73. The summed E-state index contributed by atoms with van der Waals surface area (Å²) >= 11 is 0. The summed E-state index contributed by atoms with van der Waals surface area (Å²) in [7, 11) is 2.01. The standard InChI is InChI=1S/C19H22N4O2/c1-13(24)17-10-15-12-22(7-8-23(15)20-17)19(25)9-14-11-21(2)18-6-4-3-5-16(14)18/h3-6,10-11,13,24H,7-9,12H2,1-2H3/t13-/m0/s1. The topological polar surface area (TPSA) is 63.3 Å². The van der Waals surface area contributed by atoms with Crippen LogP contribution in [0.2, 0.25) is 0 Å². The van der Waals surface area contributed by atoms with E-state index in [0.29, 0.717) is 31.7 Å². The third-order valence-corrected chi connectivity index (χ3v) is 4.92. The Morgan fingerprint density at radius 2 is 2.12 bits per heavy atom. The van der Waals surface area contributed by atoms with Gasteiger partial charge >= 0.3 is 0 Å². The molecule has 0 aliphatic carbocycles. The molecule has 1 aliphatic rings. The third kappa shape index (κ3) is 2.82. The van der Waals surface area contributed by atoms with E-state index >= 15 is 0 Å². The summed E-state index contributed by atoms with van der Waals surface area (Å²) in [6, 6.07) is 10.0. The van der Waals surface area contributed by atoms with E-state index in [2.05, 4.69) is 21.8 Å². The number of carbonyl (C=O) groups is 1. The minimum absolute atomic E-state index is 0.127. The number of carbonyl (C=O) groups excluding carboxylic acids is 1. The fourth-order valence-corrected chi connectivity index (χ4v) is 3.55. The maximum Gasteiger partial charge on any atom is 0.227 e. The van der Waals surface area contributed by atoms with Gasteiger partial charge in [-0.15, -0.1) is 0 Å². The third-order valence-electron chi connectivity index (χ3n) is 4.92. The van der Waals surface area contributed by atoms with Crippen LogP contribution in [-0.2, 0) is 31.4 Å². The molecule has 1 atom stereocenters. The van der Waals surface area contributed by atoms with Gasteiger partial charge in [-0.2, -0.15) is 5.10 Å². The zero-order valence-corrected chi connectivity index (χ0v) is 14.5. The van der Waals surface area contributed by atoms with Crippen molar-refractivity contribution in [3.63, 3.8) is 0 Å². The van der Waals surface area contributed by atoms with Gasteiger partial charge in [0, 0.05) is 30.7 Å². The molecule has 3 heterocycles. The molecule has 6 nitrogen and oxygen atoms in total. The number of aryl methyl sites for hydroxylation is 1. The lowest BCUT2D eigenvalue weighted by molar-refractivity contribution is -0.131. The van der Waals surface area contributed by atoms with Gasteiger partial charge in [0.25, 0.3) is 0 Å². The molecule has 0 unspecified atom stereocenters. The first-order valence-electron chi connectivity index (χ1n) is 8.58. The van der Waals surface area contributed by atoms with Gasteiger partial charge in [-0.3, -0.25) is 9.48 Å². The summed E-state index contributed by atoms with van der Waals surface area (Å²) in [4.78, 5) is 14.7. The molecular weight excluding hydrogens is 316 g/mol. The highest BCUT2D eigenvalue weighted by Crippen LogP contribution is 2.23. The van der Waals surface area contributed by atoms with Gasteiger partial charge in [0.1, 0.15) is 0 Å². The largest absolute Gasteiger partial charge is 0.387 e. The van der Waals surface area contributed by atoms with Crippen molar-refractivity contribution in [3.05, 3.63) is 53.5 Å². The molecule has 0 saturated heterocycles. The Bertz CT molecular complexity index is 938. The van der Waals surface area contributed by atoms with Crippen molar-refractivity contribution in [2.75, 3.05) is 6.54 Å². The Morgan fingerprint density at radius 3 is 2.92 bits per heavy atom. The first kappa shape index (κ1) is 15.9. The highest BCUT2D eigenvalue weighted by molar-refractivity contribution is 5.89. The normalized spacial score (nSPS) is 15.4. The van der Waals surface area contributed by atoms with Crippen LogP contribution >= 0.6 is 0 Å². The minimum Gasteiger partial charge on any atom is -0.387 e. The summed E-state index contributed by atoms with van der Waals surface area (Å²) in [5.41, 5.74) is 3.85. The molecule has 1 N–H and O–H groups in total. The molecule has 3 aromatic rings. The average Bonchev–Trinajstić information content (AvgIpc) is 3.16. The lowest BCUT2D eigenvalue weighted by atomic mass is 10.1. The molecule has 1 aliphatic heterocycles. The fourth-order valence-electron chi connectivity index (χ4n) is 3.55. The van der Waals surface area contributed by atoms with Crippen molar-refractivity contribution in [1.82, 2.24) is 19.2 Å². The van der Waals surface area contributed by atoms with E-state index in [1.54, 1.807) is 6.92 Å². The monoisotopic (exact) mass is 338 g/mol. The summed E-state index contributed by atoms with van der Waals surface area (Å²) in [5, 5.41) is 15.2. The van der Waals surface area contributed by atoms with Crippen molar-refractivity contribution >= 4 is 16.8 Å². The number of nitrogens with zero attached hydrogens (tertiary/aromatic N) is 4. The minimum atomic E-state index is -0.585. The molecule has 0 radical (unpaired) electrons. The van der Waals surface area contributed by atoms with Gasteiger partial charge in [0.05, 0.1) is 37.0 Å². The predicted octanol–water partition coefficient (Wildman–Crippen LogP) is 2.01. The average molecular weight is 338 g/mol. The molecule has 0 fully saturated rings. The molecule has 25 heavy (non-hydrogen) atoms. The predicted molar refractivity (Wildman–Crippen MR) is 94.9 cm³/mol. The van der Waals surface area contributed by atoms with Crippen LogP contribution in [0.25, 0.3) is 10.9 Å². The number of benzene rings is 1. The second kappa shape index (κ2) is 6.04. The van der Waals surface area contributed by atoms with Gasteiger partial charge < -0.3 is 14.6 Å². The van der Waals surface area contributed by atoms with Crippen LogP contribution in [0.4, 0.5) is 0 Å². The number of fused-ring (bicyclic) bond motifs is 2. The molecule has 0 saturated carbocycles. The number of aliphatic hydroxyl groups is 1. The van der Waals surface area contributed by atoms with Crippen LogP contribution in [0.1, 0.15) is 30.0 Å². The SMILES string of the molecule is C[C@H](O)c1cc2n(n1)CCN(C(=O)Cc1cn(C)c3ccccc13)C2. The van der Waals surface area contributed by atoms with Crippen molar-refractivity contribution in [2.24, 2.45) is 7.05 Å². The molecule has 0 spiro atoms. The number of hydrogen-bond acceptors (Lipinski definition) is 3. The number of amides is 1. The molecule has 0 bridgehead atoms. The van der Waals surface area contributed by atoms with Gasteiger partial charge in [-0.25, -0.2) is 0 Å². The Hall–Kier alpha value is -2.60. The molecule has 1 aromatic carbocycles. The zero-order chi connectivity index (χ0) is 17.6. The van der Waals surface area contributed by atoms with Crippen molar-refractivity contribution in [1.29, 1.82) is 0 Å². The van der Waals surface area contributed by atoms with Crippen LogP contribution in [-0.4, -0.2) is 36.8 Å². The van der Waals surface area contributed by atoms with Crippen LogP contribution in [0.15, 0.2) is 36.5 Å². The molecule has 6 heteroatoms. The van der Waals surface area contributed by atoms with Crippen molar-refractivity contribution < 1.29 is 9.90 Å². The van der Waals surface area contributed by atoms with Crippen LogP contribution in [0.3, 0.4) is 0 Å². The van der Waals surface area contributed by atoms with Crippen LogP contribution < -0.4 is 0 Å². The van der Waals surface area contributed by atoms with Crippen LogP contribution in [0, 0.1) is 0 Å². The smallest absolute Gasteiger partial charge is 0.227 e. The number of aliphatic hydroxyl groups excluding tert-OH is 1. The lowest BCUT2D eigenvalue weighted by Crippen LogP contribution is -2.39. The maximum atomic E-state index is 12.8. The molecule has 1 amide bonds. The quantitative estimate of drug-likeness (QED) is 0.795. The molecule has 130 valence electrons. The van der Waals surface area contributed by atoms with E-state index < -0.39 is 6.10 Å². The zero-order valence-electron chi connectivity index (χ0n) is 14.5. The van der Waals surface area contributed by atoms with E-state index in [0.717, 1.165) is 22.2 Å². The van der Waals surface area contributed by atoms with E-state index in [1.807, 2.05) is 41.0 Å². The Morgan fingerprint density at radius 1 is 1.32 bits per heavy atom. The Labute approximate surface area is 146 Å². The number of hydrogen-bond donors (Lipinski definition) is 1. The molecule has 4 rings (SSSR count). The first-order valence-corrected chi connectivity index (χ1v) is 8.58. The summed E-state index contributed by atoms with van der Waals surface area (Å²) in [5.74, 6) is 0.127. The van der Waals surface area contributed by atoms with Gasteiger partial charge in [-0.1, -0.05) is 18.2 Å². The summed E-state index contributed by atoms with van der Waals surface area (Å²) < 4.78 is 3.96. The van der Waals surface area contributed by atoms with Gasteiger partial charge in [0.15, 0.2) is 0 Å². The Kier molecular flexibility index (Phi) is 3.84. The molecule has 2 aromatic heterocycles. The van der Waals surface area contributed by atoms with Gasteiger partial charge in [0.2, 0.25) is 5.91 Å². The van der Waals surface area contributed by atoms with Crippen molar-refractivity contribution in [2.45, 2.75) is 32.5 Å². The van der Waals surface area contributed by atoms with E-state index in [-0.39, 0.29) is 5.91 Å². The van der Waals surface area contributed by atoms with Gasteiger partial charge in [-0.05, 0) is 24.6 Å². The van der Waals surface area contributed by atoms with Crippen LogP contribution in [0.5, 0.6) is 0 Å².